The van der Waals surface area contributed by atoms with Crippen LogP contribution in [0.4, 0.5) is 5.69 Å². The minimum Gasteiger partial charge on any atom is -0.495 e. The first-order valence-electron chi connectivity index (χ1n) is 6.39. The van der Waals surface area contributed by atoms with Crippen molar-refractivity contribution in [2.75, 3.05) is 25.1 Å². The lowest BCUT2D eigenvalue weighted by Crippen LogP contribution is -2.55. The maximum absolute atomic E-state index is 5.45. The van der Waals surface area contributed by atoms with E-state index in [1.165, 1.54) is 12.1 Å². The summed E-state index contributed by atoms with van der Waals surface area (Å²) in [5, 5.41) is 3.57. The van der Waals surface area contributed by atoms with E-state index < -0.39 is 0 Å². The van der Waals surface area contributed by atoms with E-state index >= 15 is 0 Å². The van der Waals surface area contributed by atoms with Gasteiger partial charge in [0.15, 0.2) is 0 Å². The molecular formula is C14H22N2O. The molecule has 0 aliphatic carbocycles. The van der Waals surface area contributed by atoms with Crippen LogP contribution in [0, 0.1) is 0 Å². The van der Waals surface area contributed by atoms with E-state index in [-0.39, 0.29) is 0 Å². The van der Waals surface area contributed by atoms with Gasteiger partial charge in [-0.1, -0.05) is 19.1 Å². The number of nitrogens with zero attached hydrogens (tertiary/aromatic N) is 1. The fraction of sp³-hybridized carbons (Fsp3) is 0.571. The Morgan fingerprint density at radius 2 is 2.18 bits per heavy atom. The molecule has 1 fully saturated rings. The number of para-hydroxylation sites is 2. The van der Waals surface area contributed by atoms with E-state index in [0.717, 1.165) is 18.8 Å². The molecule has 1 aliphatic rings. The zero-order chi connectivity index (χ0) is 12.3. The van der Waals surface area contributed by atoms with E-state index in [9.17, 15) is 0 Å². The second-order valence-electron chi connectivity index (χ2n) is 4.69. The summed E-state index contributed by atoms with van der Waals surface area (Å²) in [6.45, 7) is 6.58. The van der Waals surface area contributed by atoms with E-state index in [2.05, 4.69) is 36.2 Å². The second kappa shape index (κ2) is 5.41. The standard InChI is InChI=1S/C14H22N2O/c1-4-12-10-16(11(2)9-15-12)13-7-5-6-8-14(13)17-3/h5-8,11-12,15H,4,9-10H2,1-3H3. The molecule has 1 saturated heterocycles. The molecule has 1 aromatic rings. The lowest BCUT2D eigenvalue weighted by Gasteiger charge is -2.40. The monoisotopic (exact) mass is 234 g/mol. The van der Waals surface area contributed by atoms with Gasteiger partial charge in [-0.2, -0.15) is 0 Å². The molecule has 1 aromatic carbocycles. The lowest BCUT2D eigenvalue weighted by molar-refractivity contribution is 0.383. The highest BCUT2D eigenvalue weighted by Crippen LogP contribution is 2.30. The van der Waals surface area contributed by atoms with Gasteiger partial charge in [-0.15, -0.1) is 0 Å². The Hall–Kier alpha value is -1.22. The Bertz CT molecular complexity index is 367. The number of anilines is 1. The molecule has 0 bridgehead atoms. The number of nitrogens with one attached hydrogen (secondary N) is 1. The average molecular weight is 234 g/mol. The van der Waals surface area contributed by atoms with E-state index in [0.29, 0.717) is 12.1 Å². The van der Waals surface area contributed by atoms with Crippen LogP contribution in [0.1, 0.15) is 20.3 Å². The summed E-state index contributed by atoms with van der Waals surface area (Å²) in [7, 11) is 1.74. The predicted octanol–water partition coefficient (Wildman–Crippen LogP) is 2.27. The van der Waals surface area contributed by atoms with Crippen LogP contribution in [0.2, 0.25) is 0 Å². The third kappa shape index (κ3) is 2.55. The second-order valence-corrected chi connectivity index (χ2v) is 4.69. The Morgan fingerprint density at radius 1 is 1.41 bits per heavy atom. The molecule has 2 unspecified atom stereocenters. The lowest BCUT2D eigenvalue weighted by atomic mass is 10.1. The molecule has 0 spiro atoms. The van der Waals surface area contributed by atoms with Gasteiger partial charge < -0.3 is 15.0 Å². The van der Waals surface area contributed by atoms with Crippen LogP contribution in [0.3, 0.4) is 0 Å². The SMILES string of the molecule is CCC1CN(c2ccccc2OC)C(C)CN1. The number of benzene rings is 1. The van der Waals surface area contributed by atoms with Crippen molar-refractivity contribution >= 4 is 5.69 Å². The Labute approximate surface area is 104 Å². The van der Waals surface area contributed by atoms with Crippen molar-refractivity contribution in [3.8, 4) is 5.75 Å². The van der Waals surface area contributed by atoms with Gasteiger partial charge in [0.2, 0.25) is 0 Å². The molecule has 0 saturated carbocycles. The minimum absolute atomic E-state index is 0.508. The normalized spacial score (nSPS) is 24.8. The van der Waals surface area contributed by atoms with Gasteiger partial charge in [0.1, 0.15) is 5.75 Å². The molecule has 1 aliphatic heterocycles. The molecule has 94 valence electrons. The summed E-state index contributed by atoms with van der Waals surface area (Å²) in [6, 6.07) is 9.36. The van der Waals surface area contributed by atoms with Crippen molar-refractivity contribution < 1.29 is 4.74 Å². The minimum atomic E-state index is 0.508. The molecule has 1 N–H and O–H groups in total. The van der Waals surface area contributed by atoms with Crippen molar-refractivity contribution in [2.45, 2.75) is 32.4 Å². The van der Waals surface area contributed by atoms with Crippen LogP contribution in [0.15, 0.2) is 24.3 Å². The van der Waals surface area contributed by atoms with Gasteiger partial charge in [0.05, 0.1) is 12.8 Å². The van der Waals surface area contributed by atoms with Crippen molar-refractivity contribution in [1.82, 2.24) is 5.32 Å². The molecule has 3 nitrogen and oxygen atoms in total. The number of hydrogen-bond donors (Lipinski definition) is 1. The van der Waals surface area contributed by atoms with Gasteiger partial charge >= 0.3 is 0 Å². The van der Waals surface area contributed by atoms with Crippen LogP contribution >= 0.6 is 0 Å². The summed E-state index contributed by atoms with van der Waals surface area (Å²) >= 11 is 0. The molecule has 3 heteroatoms. The molecule has 17 heavy (non-hydrogen) atoms. The number of piperazine rings is 1. The van der Waals surface area contributed by atoms with Crippen LogP contribution < -0.4 is 15.0 Å². The zero-order valence-corrected chi connectivity index (χ0v) is 10.9. The fourth-order valence-corrected chi connectivity index (χ4v) is 2.41. The summed E-state index contributed by atoms with van der Waals surface area (Å²) in [6.07, 6.45) is 1.17. The largest absolute Gasteiger partial charge is 0.495 e. The maximum atomic E-state index is 5.45. The number of hydrogen-bond acceptors (Lipinski definition) is 3. The molecule has 0 aromatic heterocycles. The highest BCUT2D eigenvalue weighted by molar-refractivity contribution is 5.59. The van der Waals surface area contributed by atoms with E-state index in [1.807, 2.05) is 12.1 Å². The van der Waals surface area contributed by atoms with Crippen LogP contribution in [-0.2, 0) is 0 Å². The predicted molar refractivity (Wildman–Crippen MR) is 71.9 cm³/mol. The van der Waals surface area contributed by atoms with Crippen molar-refractivity contribution in [2.24, 2.45) is 0 Å². The van der Waals surface area contributed by atoms with Gasteiger partial charge in [-0.25, -0.2) is 0 Å². The summed E-state index contributed by atoms with van der Waals surface area (Å²) in [5.41, 5.74) is 1.21. The first-order valence-corrected chi connectivity index (χ1v) is 6.39. The highest BCUT2D eigenvalue weighted by Gasteiger charge is 2.25. The van der Waals surface area contributed by atoms with Gasteiger partial charge in [-0.05, 0) is 25.5 Å². The zero-order valence-electron chi connectivity index (χ0n) is 10.9. The third-order valence-electron chi connectivity index (χ3n) is 3.54. The Balaban J connectivity index is 2.24. The molecular weight excluding hydrogens is 212 g/mol. The van der Waals surface area contributed by atoms with Crippen LogP contribution in [-0.4, -0.2) is 32.3 Å². The smallest absolute Gasteiger partial charge is 0.142 e. The molecule has 1 heterocycles. The van der Waals surface area contributed by atoms with Gasteiger partial charge in [0, 0.05) is 25.2 Å². The van der Waals surface area contributed by atoms with E-state index in [4.69, 9.17) is 4.74 Å². The van der Waals surface area contributed by atoms with Crippen molar-refractivity contribution in [3.05, 3.63) is 24.3 Å². The molecule has 2 rings (SSSR count). The van der Waals surface area contributed by atoms with Crippen LogP contribution in [0.5, 0.6) is 5.75 Å². The summed E-state index contributed by atoms with van der Waals surface area (Å²) in [4.78, 5) is 2.45. The number of ether oxygens (including phenoxy) is 1. The fourth-order valence-electron chi connectivity index (χ4n) is 2.41. The topological polar surface area (TPSA) is 24.5 Å². The maximum Gasteiger partial charge on any atom is 0.142 e. The van der Waals surface area contributed by atoms with Crippen molar-refractivity contribution in [3.63, 3.8) is 0 Å². The number of rotatable bonds is 3. The first kappa shape index (κ1) is 12.2. The summed E-state index contributed by atoms with van der Waals surface area (Å²) in [5.74, 6) is 0.969. The molecule has 2 atom stereocenters. The molecule has 0 amide bonds. The third-order valence-corrected chi connectivity index (χ3v) is 3.54. The van der Waals surface area contributed by atoms with Crippen molar-refractivity contribution in [1.29, 1.82) is 0 Å². The summed E-state index contributed by atoms with van der Waals surface area (Å²) < 4.78 is 5.45. The van der Waals surface area contributed by atoms with Crippen LogP contribution in [0.25, 0.3) is 0 Å². The quantitative estimate of drug-likeness (QED) is 0.868. The first-order chi connectivity index (χ1) is 8.26. The van der Waals surface area contributed by atoms with Gasteiger partial charge in [0.25, 0.3) is 0 Å². The Morgan fingerprint density at radius 3 is 2.88 bits per heavy atom. The average Bonchev–Trinajstić information content (AvgIpc) is 2.39. The van der Waals surface area contributed by atoms with Gasteiger partial charge in [-0.3, -0.25) is 0 Å². The van der Waals surface area contributed by atoms with E-state index in [1.54, 1.807) is 7.11 Å². The number of methoxy groups -OCH3 is 1. The highest BCUT2D eigenvalue weighted by atomic mass is 16.5. The molecule has 0 radical (unpaired) electrons. The Kier molecular flexibility index (Phi) is 3.89.